The number of aromatic nitrogens is 1. The second kappa shape index (κ2) is 6.63. The Bertz CT molecular complexity index is 778. The predicted molar refractivity (Wildman–Crippen MR) is 94.1 cm³/mol. The fraction of sp³-hybridized carbons (Fsp3) is 0.529. The molecule has 1 atom stereocenters. The first kappa shape index (κ1) is 16.5. The quantitative estimate of drug-likeness (QED) is 0.691. The van der Waals surface area contributed by atoms with Crippen molar-refractivity contribution in [1.82, 2.24) is 15.0 Å². The van der Waals surface area contributed by atoms with Gasteiger partial charge in [0.2, 0.25) is 10.0 Å². The zero-order valence-electron chi connectivity index (χ0n) is 13.7. The number of hydrogen-bond acceptors (Lipinski definition) is 3. The molecule has 1 aliphatic rings. The molecule has 1 aliphatic carbocycles. The zero-order chi connectivity index (χ0) is 16.4. The van der Waals surface area contributed by atoms with E-state index < -0.39 is 10.0 Å². The first-order valence-electron chi connectivity index (χ1n) is 8.25. The molecular formula is C17H25N3O2S. The largest absolute Gasteiger partial charge is 0.361 e. The van der Waals surface area contributed by atoms with E-state index in [1.807, 2.05) is 6.92 Å². The summed E-state index contributed by atoms with van der Waals surface area (Å²) in [6.45, 7) is 5.39. The molecule has 5 nitrogen and oxygen atoms in total. The van der Waals surface area contributed by atoms with E-state index in [4.69, 9.17) is 0 Å². The summed E-state index contributed by atoms with van der Waals surface area (Å²) in [5.74, 6) is 0. The van der Waals surface area contributed by atoms with Crippen LogP contribution in [0.4, 0.5) is 0 Å². The van der Waals surface area contributed by atoms with Crippen LogP contribution in [0, 0.1) is 6.92 Å². The van der Waals surface area contributed by atoms with Crippen molar-refractivity contribution >= 4 is 20.9 Å². The molecular weight excluding hydrogens is 310 g/mol. The molecule has 0 saturated heterocycles. The van der Waals surface area contributed by atoms with Crippen molar-refractivity contribution < 1.29 is 8.42 Å². The van der Waals surface area contributed by atoms with Gasteiger partial charge in [0.15, 0.2) is 0 Å². The average Bonchev–Trinajstić information content (AvgIpc) is 3.29. The summed E-state index contributed by atoms with van der Waals surface area (Å²) in [7, 11) is -3.08. The van der Waals surface area contributed by atoms with Crippen LogP contribution in [-0.4, -0.2) is 37.8 Å². The highest BCUT2D eigenvalue weighted by molar-refractivity contribution is 7.90. The fourth-order valence-electron chi connectivity index (χ4n) is 2.83. The number of benzene rings is 1. The molecule has 3 N–H and O–H groups in total. The Morgan fingerprint density at radius 1 is 1.35 bits per heavy atom. The highest BCUT2D eigenvalue weighted by Crippen LogP contribution is 2.27. The lowest BCUT2D eigenvalue weighted by Crippen LogP contribution is -2.40. The van der Waals surface area contributed by atoms with Gasteiger partial charge >= 0.3 is 0 Å². The van der Waals surface area contributed by atoms with Gasteiger partial charge in [-0.2, -0.15) is 0 Å². The normalized spacial score (nSPS) is 16.8. The molecule has 0 spiro atoms. The Balaban J connectivity index is 1.47. The maximum atomic E-state index is 11.8. The molecule has 0 radical (unpaired) electrons. The van der Waals surface area contributed by atoms with Crippen LogP contribution in [-0.2, 0) is 16.4 Å². The van der Waals surface area contributed by atoms with Gasteiger partial charge in [-0.25, -0.2) is 13.1 Å². The van der Waals surface area contributed by atoms with Crippen molar-refractivity contribution in [3.8, 4) is 0 Å². The highest BCUT2D eigenvalue weighted by atomic mass is 32.2. The lowest BCUT2D eigenvalue weighted by molar-refractivity contribution is 0.526. The van der Waals surface area contributed by atoms with Gasteiger partial charge in [-0.15, -0.1) is 0 Å². The first-order chi connectivity index (χ1) is 11.0. The Kier molecular flexibility index (Phi) is 4.75. The van der Waals surface area contributed by atoms with E-state index in [-0.39, 0.29) is 11.3 Å². The van der Waals surface area contributed by atoms with E-state index in [1.54, 1.807) is 0 Å². The number of fused-ring (bicyclic) bond motifs is 1. The molecule has 0 bridgehead atoms. The van der Waals surface area contributed by atoms with Crippen LogP contribution in [0.2, 0.25) is 0 Å². The third kappa shape index (κ3) is 3.94. The third-order valence-corrected chi connectivity index (χ3v) is 6.37. The summed E-state index contributed by atoms with van der Waals surface area (Å²) < 4.78 is 26.3. The molecule has 3 rings (SSSR count). The minimum atomic E-state index is -3.08. The van der Waals surface area contributed by atoms with Crippen molar-refractivity contribution in [3.05, 3.63) is 35.5 Å². The van der Waals surface area contributed by atoms with Gasteiger partial charge in [0, 0.05) is 29.7 Å². The number of aryl methyl sites for hydroxylation is 1. The van der Waals surface area contributed by atoms with Crippen molar-refractivity contribution in [2.24, 2.45) is 0 Å². The van der Waals surface area contributed by atoms with Gasteiger partial charge in [-0.3, -0.25) is 0 Å². The Morgan fingerprint density at radius 3 is 2.87 bits per heavy atom. The average molecular weight is 335 g/mol. The molecule has 23 heavy (non-hydrogen) atoms. The Morgan fingerprint density at radius 2 is 2.13 bits per heavy atom. The minimum Gasteiger partial charge on any atom is -0.361 e. The van der Waals surface area contributed by atoms with Crippen LogP contribution >= 0.6 is 0 Å². The zero-order valence-corrected chi connectivity index (χ0v) is 14.5. The number of sulfonamides is 1. The number of rotatable bonds is 8. The molecule has 1 unspecified atom stereocenters. The second-order valence-electron chi connectivity index (χ2n) is 6.51. The third-order valence-electron chi connectivity index (χ3n) is 4.45. The molecule has 6 heteroatoms. The van der Waals surface area contributed by atoms with Gasteiger partial charge in [0.1, 0.15) is 0 Å². The number of nitrogens with one attached hydrogen (secondary N) is 3. The summed E-state index contributed by atoms with van der Waals surface area (Å²) in [4.78, 5) is 3.34. The van der Waals surface area contributed by atoms with Crippen LogP contribution in [0.25, 0.3) is 10.9 Å². The number of para-hydroxylation sites is 1. The van der Waals surface area contributed by atoms with E-state index in [9.17, 15) is 8.42 Å². The smallest absolute Gasteiger partial charge is 0.214 e. The molecule has 0 aliphatic heterocycles. The lowest BCUT2D eigenvalue weighted by Gasteiger charge is -2.14. The van der Waals surface area contributed by atoms with Crippen molar-refractivity contribution in [2.75, 3.05) is 13.1 Å². The monoisotopic (exact) mass is 335 g/mol. The number of hydrogen-bond donors (Lipinski definition) is 3. The summed E-state index contributed by atoms with van der Waals surface area (Å²) >= 11 is 0. The van der Waals surface area contributed by atoms with Crippen LogP contribution in [0.1, 0.15) is 30.9 Å². The summed E-state index contributed by atoms with van der Waals surface area (Å²) in [6.07, 6.45) is 4.59. The lowest BCUT2D eigenvalue weighted by atomic mass is 10.1. The number of aromatic amines is 1. The molecule has 1 aromatic carbocycles. The van der Waals surface area contributed by atoms with Crippen LogP contribution in [0.15, 0.2) is 24.4 Å². The molecule has 1 fully saturated rings. The van der Waals surface area contributed by atoms with Crippen molar-refractivity contribution in [3.63, 3.8) is 0 Å². The molecule has 1 saturated carbocycles. The van der Waals surface area contributed by atoms with Crippen LogP contribution in [0.5, 0.6) is 0 Å². The van der Waals surface area contributed by atoms with Crippen LogP contribution < -0.4 is 10.0 Å². The summed E-state index contributed by atoms with van der Waals surface area (Å²) in [5.41, 5.74) is 3.75. The van der Waals surface area contributed by atoms with E-state index in [2.05, 4.69) is 46.3 Å². The standard InChI is InChI=1S/C17H25N3O2S/c1-12-4-3-5-16-14(11-19-17(12)16)8-9-18-13(2)10-20-23(21,22)15-6-7-15/h3-5,11,13,15,18-20H,6-10H2,1-2H3. The van der Waals surface area contributed by atoms with E-state index in [0.717, 1.165) is 25.8 Å². The second-order valence-corrected chi connectivity index (χ2v) is 8.55. The number of H-pyrrole nitrogens is 1. The molecule has 126 valence electrons. The SMILES string of the molecule is Cc1cccc2c(CCNC(C)CNS(=O)(=O)C3CC3)c[nH]c12. The van der Waals surface area contributed by atoms with E-state index >= 15 is 0 Å². The van der Waals surface area contributed by atoms with Crippen molar-refractivity contribution in [2.45, 2.75) is 44.4 Å². The molecule has 0 amide bonds. The highest BCUT2D eigenvalue weighted by Gasteiger charge is 2.35. The maximum Gasteiger partial charge on any atom is 0.214 e. The topological polar surface area (TPSA) is 74.0 Å². The van der Waals surface area contributed by atoms with Crippen molar-refractivity contribution in [1.29, 1.82) is 0 Å². The van der Waals surface area contributed by atoms with Gasteiger partial charge in [-0.05, 0) is 50.8 Å². The molecule has 1 heterocycles. The Labute approximate surface area is 137 Å². The van der Waals surface area contributed by atoms with Gasteiger partial charge in [0.25, 0.3) is 0 Å². The van der Waals surface area contributed by atoms with E-state index in [1.165, 1.54) is 22.0 Å². The maximum absolute atomic E-state index is 11.8. The van der Waals surface area contributed by atoms with Gasteiger partial charge in [-0.1, -0.05) is 18.2 Å². The van der Waals surface area contributed by atoms with Gasteiger partial charge < -0.3 is 10.3 Å². The fourth-order valence-corrected chi connectivity index (χ4v) is 4.31. The Hall–Kier alpha value is -1.37. The first-order valence-corrected chi connectivity index (χ1v) is 9.79. The van der Waals surface area contributed by atoms with Gasteiger partial charge in [0.05, 0.1) is 5.25 Å². The molecule has 1 aromatic heterocycles. The van der Waals surface area contributed by atoms with Crippen LogP contribution in [0.3, 0.4) is 0 Å². The summed E-state index contributed by atoms with van der Waals surface area (Å²) in [6, 6.07) is 6.45. The summed E-state index contributed by atoms with van der Waals surface area (Å²) in [5, 5.41) is 4.51. The predicted octanol–water partition coefficient (Wildman–Crippen LogP) is 2.08. The molecule has 2 aromatic rings. The van der Waals surface area contributed by atoms with E-state index in [0.29, 0.717) is 6.54 Å². The minimum absolute atomic E-state index is 0.121.